The molecule has 0 bridgehead atoms. The van der Waals surface area contributed by atoms with Crippen LogP contribution in [-0.4, -0.2) is 45.4 Å². The Morgan fingerprint density at radius 3 is 2.24 bits per heavy atom. The minimum atomic E-state index is -4.09. The average molecular weight is 618 g/mol. The molecule has 1 heterocycles. The molecule has 0 unspecified atom stereocenters. The lowest BCUT2D eigenvalue weighted by atomic mass is 10.1. The van der Waals surface area contributed by atoms with Crippen molar-refractivity contribution >= 4 is 50.5 Å². The quantitative estimate of drug-likeness (QED) is 0.246. The zero-order valence-electron chi connectivity index (χ0n) is 21.4. The van der Waals surface area contributed by atoms with Gasteiger partial charge in [0.1, 0.15) is 23.1 Å². The van der Waals surface area contributed by atoms with E-state index in [1.807, 2.05) is 0 Å². The van der Waals surface area contributed by atoms with Crippen LogP contribution in [-0.2, 0) is 10.0 Å². The Bertz CT molecular complexity index is 1700. The predicted octanol–water partition coefficient (Wildman–Crippen LogP) is 6.83. The Morgan fingerprint density at radius 1 is 0.854 bits per heavy atom. The highest BCUT2D eigenvalue weighted by Crippen LogP contribution is 2.31. The maximum atomic E-state index is 14.2. The number of para-hydroxylation sites is 1. The van der Waals surface area contributed by atoms with Crippen LogP contribution in [0.4, 0.5) is 20.2 Å². The van der Waals surface area contributed by atoms with Crippen LogP contribution in [0.3, 0.4) is 0 Å². The Kier molecular flexibility index (Phi) is 8.35. The van der Waals surface area contributed by atoms with Crippen LogP contribution < -0.4 is 14.4 Å². The average Bonchev–Trinajstić information content (AvgIpc) is 2.95. The topological polar surface area (TPSA) is 78.9 Å². The van der Waals surface area contributed by atoms with Crippen LogP contribution in [0, 0.1) is 11.6 Å². The number of hydrogen-bond donors (Lipinski definition) is 1. The molecule has 1 aliphatic heterocycles. The summed E-state index contributed by atoms with van der Waals surface area (Å²) in [5.74, 6) is -0.972. The second-order valence-electron chi connectivity index (χ2n) is 9.17. The fraction of sp³-hybridized carbons (Fsp3) is 0.138. The van der Waals surface area contributed by atoms with Gasteiger partial charge in [-0.15, -0.1) is 0 Å². The van der Waals surface area contributed by atoms with Crippen LogP contribution in [0.2, 0.25) is 10.0 Å². The summed E-state index contributed by atoms with van der Waals surface area (Å²) in [6, 6.07) is 20.3. The molecule has 0 aromatic heterocycles. The van der Waals surface area contributed by atoms with Crippen molar-refractivity contribution in [3.8, 4) is 11.5 Å². The van der Waals surface area contributed by atoms with Gasteiger partial charge in [-0.2, -0.15) is 0 Å². The maximum absolute atomic E-state index is 14.2. The third-order valence-electron chi connectivity index (χ3n) is 6.47. The van der Waals surface area contributed by atoms with Gasteiger partial charge in [-0.3, -0.25) is 9.52 Å². The van der Waals surface area contributed by atoms with Crippen LogP contribution in [0.15, 0.2) is 89.8 Å². The van der Waals surface area contributed by atoms with E-state index in [4.69, 9.17) is 27.9 Å². The minimum Gasteiger partial charge on any atom is -0.456 e. The molecule has 212 valence electrons. The van der Waals surface area contributed by atoms with Gasteiger partial charge in [-0.25, -0.2) is 17.2 Å². The third kappa shape index (κ3) is 6.56. The molecule has 1 fully saturated rings. The van der Waals surface area contributed by atoms with Gasteiger partial charge in [-0.05, 0) is 66.7 Å². The van der Waals surface area contributed by atoms with Crippen molar-refractivity contribution in [2.45, 2.75) is 4.90 Å². The SMILES string of the molecule is O=C(c1cc(Cl)ccc1NS(=O)(=O)c1ccc(Oc2ccccc2Cl)cc1)N1CCN(c2ccc(F)cc2F)CC1. The molecule has 0 radical (unpaired) electrons. The largest absolute Gasteiger partial charge is 0.456 e. The number of sulfonamides is 1. The van der Waals surface area contributed by atoms with Gasteiger partial charge in [0.15, 0.2) is 0 Å². The van der Waals surface area contributed by atoms with Gasteiger partial charge in [0.05, 0.1) is 26.9 Å². The van der Waals surface area contributed by atoms with Gasteiger partial charge in [0.25, 0.3) is 15.9 Å². The molecule has 0 atom stereocenters. The summed E-state index contributed by atoms with van der Waals surface area (Å²) >= 11 is 12.3. The molecule has 4 aromatic rings. The standard InChI is InChI=1S/C29H23Cl2F2N3O4S/c30-19-5-11-26(34-41(38,39)22-9-7-21(8-10-22)40-28-4-2-1-3-24(28)31)23(17-19)29(37)36-15-13-35(14-16-36)27-12-6-20(32)18-25(27)33/h1-12,17-18,34H,13-16H2. The van der Waals surface area contributed by atoms with E-state index in [1.54, 1.807) is 29.2 Å². The molecule has 1 amide bonds. The lowest BCUT2D eigenvalue weighted by Crippen LogP contribution is -2.49. The Hall–Kier alpha value is -3.86. The predicted molar refractivity (Wildman–Crippen MR) is 155 cm³/mol. The number of piperazine rings is 1. The van der Waals surface area contributed by atoms with Crippen LogP contribution in [0.25, 0.3) is 0 Å². The van der Waals surface area contributed by atoms with E-state index in [1.165, 1.54) is 59.5 Å². The number of ether oxygens (including phenoxy) is 1. The molecule has 41 heavy (non-hydrogen) atoms. The zero-order chi connectivity index (χ0) is 29.1. The summed E-state index contributed by atoms with van der Waals surface area (Å²) in [6.07, 6.45) is 0. The number of rotatable bonds is 7. The van der Waals surface area contributed by atoms with Crippen molar-refractivity contribution in [3.63, 3.8) is 0 Å². The molecule has 0 aliphatic carbocycles. The minimum absolute atomic E-state index is 0.0488. The molecule has 0 spiro atoms. The molecule has 0 saturated carbocycles. The summed E-state index contributed by atoms with van der Waals surface area (Å²) in [7, 11) is -4.09. The first-order valence-corrected chi connectivity index (χ1v) is 14.7. The number of halogens is 4. The highest BCUT2D eigenvalue weighted by atomic mass is 35.5. The molecule has 1 N–H and O–H groups in total. The van der Waals surface area contributed by atoms with Gasteiger partial charge in [-0.1, -0.05) is 35.3 Å². The highest BCUT2D eigenvalue weighted by Gasteiger charge is 2.27. The summed E-state index contributed by atoms with van der Waals surface area (Å²) in [4.78, 5) is 16.7. The Balaban J connectivity index is 1.30. The fourth-order valence-corrected chi connectivity index (χ4v) is 5.81. The number of carbonyl (C=O) groups excluding carboxylic acids is 1. The number of nitrogens with zero attached hydrogens (tertiary/aromatic N) is 2. The summed E-state index contributed by atoms with van der Waals surface area (Å²) in [5, 5.41) is 0.666. The van der Waals surface area contributed by atoms with Gasteiger partial charge in [0.2, 0.25) is 0 Å². The smallest absolute Gasteiger partial charge is 0.261 e. The van der Waals surface area contributed by atoms with Gasteiger partial charge in [0, 0.05) is 37.3 Å². The molecule has 4 aromatic carbocycles. The molecule has 12 heteroatoms. The summed E-state index contributed by atoms with van der Waals surface area (Å²) in [5.41, 5.74) is 0.377. The first-order valence-electron chi connectivity index (χ1n) is 12.4. The Labute approximate surface area is 245 Å². The van der Waals surface area contributed by atoms with Crippen LogP contribution in [0.1, 0.15) is 10.4 Å². The Morgan fingerprint density at radius 2 is 1.56 bits per heavy atom. The van der Waals surface area contributed by atoms with Crippen molar-refractivity contribution in [3.05, 3.63) is 112 Å². The number of hydrogen-bond acceptors (Lipinski definition) is 5. The first kappa shape index (κ1) is 28.7. The van der Waals surface area contributed by atoms with E-state index in [9.17, 15) is 22.0 Å². The maximum Gasteiger partial charge on any atom is 0.261 e. The second kappa shape index (κ2) is 11.9. The summed E-state index contributed by atoms with van der Waals surface area (Å²) in [6.45, 7) is 1.08. The molecule has 1 saturated heterocycles. The van der Waals surface area contributed by atoms with Crippen LogP contribution >= 0.6 is 23.2 Å². The number of anilines is 2. The number of benzene rings is 4. The van der Waals surface area contributed by atoms with E-state index in [0.717, 1.165) is 6.07 Å². The zero-order valence-corrected chi connectivity index (χ0v) is 23.7. The van der Waals surface area contributed by atoms with E-state index in [2.05, 4.69) is 4.72 Å². The third-order valence-corrected chi connectivity index (χ3v) is 8.40. The van der Waals surface area contributed by atoms with Crippen molar-refractivity contribution in [2.75, 3.05) is 35.8 Å². The molecule has 1 aliphatic rings. The lowest BCUT2D eigenvalue weighted by molar-refractivity contribution is 0.0747. The van der Waals surface area contributed by atoms with Crippen molar-refractivity contribution in [1.82, 2.24) is 4.90 Å². The molecular formula is C29H23Cl2F2N3O4S. The van der Waals surface area contributed by atoms with E-state index in [0.29, 0.717) is 29.6 Å². The monoisotopic (exact) mass is 617 g/mol. The van der Waals surface area contributed by atoms with E-state index < -0.39 is 27.6 Å². The van der Waals surface area contributed by atoms with Crippen LogP contribution in [0.5, 0.6) is 11.5 Å². The second-order valence-corrected chi connectivity index (χ2v) is 11.7. The van der Waals surface area contributed by atoms with Crippen molar-refractivity contribution in [2.24, 2.45) is 0 Å². The highest BCUT2D eigenvalue weighted by molar-refractivity contribution is 7.92. The molecule has 5 rings (SSSR count). The first-order chi connectivity index (χ1) is 19.6. The molecular weight excluding hydrogens is 595 g/mol. The summed E-state index contributed by atoms with van der Waals surface area (Å²) < 4.78 is 62.2. The fourth-order valence-electron chi connectivity index (χ4n) is 4.39. The van der Waals surface area contributed by atoms with Crippen molar-refractivity contribution in [1.29, 1.82) is 0 Å². The van der Waals surface area contributed by atoms with Gasteiger partial charge >= 0.3 is 0 Å². The van der Waals surface area contributed by atoms with Crippen molar-refractivity contribution < 1.29 is 26.7 Å². The lowest BCUT2D eigenvalue weighted by Gasteiger charge is -2.36. The number of nitrogens with one attached hydrogen (secondary N) is 1. The van der Waals surface area contributed by atoms with Gasteiger partial charge < -0.3 is 14.5 Å². The van der Waals surface area contributed by atoms with E-state index in [-0.39, 0.29) is 39.9 Å². The number of carbonyl (C=O) groups is 1. The normalized spacial score (nSPS) is 13.7. The number of amides is 1. The molecule has 7 nitrogen and oxygen atoms in total. The van der Waals surface area contributed by atoms with E-state index >= 15 is 0 Å².